The third kappa shape index (κ3) is 5.72. The Morgan fingerprint density at radius 3 is 2.23 bits per heavy atom. The summed E-state index contributed by atoms with van der Waals surface area (Å²) in [5.74, 6) is -1.18. The summed E-state index contributed by atoms with van der Waals surface area (Å²) in [6.07, 6.45) is 3.93. The molecule has 0 aromatic heterocycles. The second-order valence-electron chi connectivity index (χ2n) is 5.91. The first-order valence-corrected chi connectivity index (χ1v) is 7.60. The molecule has 0 saturated heterocycles. The first kappa shape index (κ1) is 18.0. The van der Waals surface area contributed by atoms with Crippen LogP contribution in [0.15, 0.2) is 30.3 Å². The topological polar surface area (TPSA) is 66.4 Å². The van der Waals surface area contributed by atoms with E-state index in [2.05, 4.69) is 31.3 Å². The highest BCUT2D eigenvalue weighted by Gasteiger charge is 2.20. The van der Waals surface area contributed by atoms with Crippen LogP contribution in [0.1, 0.15) is 51.2 Å². The van der Waals surface area contributed by atoms with Crippen LogP contribution in [0.3, 0.4) is 0 Å². The number of benzene rings is 1. The van der Waals surface area contributed by atoms with Gasteiger partial charge in [0.05, 0.1) is 5.92 Å². The minimum atomic E-state index is -0.909. The Morgan fingerprint density at radius 1 is 1.14 bits per heavy atom. The van der Waals surface area contributed by atoms with Crippen molar-refractivity contribution in [1.29, 1.82) is 0 Å². The largest absolute Gasteiger partial charge is 0.481 e. The van der Waals surface area contributed by atoms with Crippen molar-refractivity contribution in [3.8, 4) is 0 Å². The first-order chi connectivity index (χ1) is 10.3. The number of rotatable bonds is 7. The van der Waals surface area contributed by atoms with Gasteiger partial charge in [-0.15, -0.1) is 0 Å². The standard InChI is InChI=1S/C18H25NO3/c1-12(2)16-10-8-15(9-11-16)6-5-7-17(20)19-14(4)13(3)18(21)22/h5-6,8-14H,7H2,1-4H3,(H,19,20)(H,21,22)/b6-5+. The smallest absolute Gasteiger partial charge is 0.308 e. The van der Waals surface area contributed by atoms with Crippen molar-refractivity contribution in [2.75, 3.05) is 0 Å². The van der Waals surface area contributed by atoms with Crippen LogP contribution in [0.5, 0.6) is 0 Å². The van der Waals surface area contributed by atoms with E-state index in [1.54, 1.807) is 19.9 Å². The lowest BCUT2D eigenvalue weighted by Gasteiger charge is -2.17. The number of nitrogens with one attached hydrogen (secondary N) is 1. The van der Waals surface area contributed by atoms with E-state index in [9.17, 15) is 9.59 Å². The van der Waals surface area contributed by atoms with Crippen molar-refractivity contribution in [3.05, 3.63) is 41.5 Å². The molecule has 4 heteroatoms. The zero-order chi connectivity index (χ0) is 16.7. The molecule has 0 saturated carbocycles. The number of amides is 1. The Balaban J connectivity index is 2.48. The number of carbonyl (C=O) groups is 2. The highest BCUT2D eigenvalue weighted by molar-refractivity contribution is 5.80. The molecule has 1 rings (SSSR count). The Labute approximate surface area is 132 Å². The average molecular weight is 303 g/mol. The SMILES string of the molecule is CC(C)c1ccc(/C=C/CC(=O)NC(C)C(C)C(=O)O)cc1. The molecule has 0 spiro atoms. The zero-order valence-electron chi connectivity index (χ0n) is 13.7. The number of hydrogen-bond donors (Lipinski definition) is 2. The summed E-state index contributed by atoms with van der Waals surface area (Å²) in [4.78, 5) is 22.6. The maximum absolute atomic E-state index is 11.8. The minimum Gasteiger partial charge on any atom is -0.481 e. The van der Waals surface area contributed by atoms with Crippen LogP contribution in [0, 0.1) is 5.92 Å². The molecule has 0 heterocycles. The highest BCUT2D eigenvalue weighted by atomic mass is 16.4. The van der Waals surface area contributed by atoms with Gasteiger partial charge in [0, 0.05) is 12.5 Å². The molecular formula is C18H25NO3. The van der Waals surface area contributed by atoms with E-state index >= 15 is 0 Å². The van der Waals surface area contributed by atoms with Gasteiger partial charge in [0.15, 0.2) is 0 Å². The van der Waals surface area contributed by atoms with Crippen LogP contribution in [-0.4, -0.2) is 23.0 Å². The summed E-state index contributed by atoms with van der Waals surface area (Å²) in [5, 5.41) is 11.6. The van der Waals surface area contributed by atoms with E-state index < -0.39 is 11.9 Å². The van der Waals surface area contributed by atoms with Crippen molar-refractivity contribution >= 4 is 18.0 Å². The third-order valence-electron chi connectivity index (χ3n) is 3.74. The molecule has 120 valence electrons. The fraction of sp³-hybridized carbons (Fsp3) is 0.444. The van der Waals surface area contributed by atoms with Gasteiger partial charge in [-0.25, -0.2) is 0 Å². The molecule has 0 bridgehead atoms. The predicted octanol–water partition coefficient (Wildman–Crippen LogP) is 3.44. The number of aliphatic carboxylic acids is 1. The van der Waals surface area contributed by atoms with Gasteiger partial charge in [-0.2, -0.15) is 0 Å². The zero-order valence-corrected chi connectivity index (χ0v) is 13.7. The molecule has 0 fully saturated rings. The maximum atomic E-state index is 11.8. The lowest BCUT2D eigenvalue weighted by Crippen LogP contribution is -2.39. The van der Waals surface area contributed by atoms with E-state index in [1.165, 1.54) is 5.56 Å². The monoisotopic (exact) mass is 303 g/mol. The van der Waals surface area contributed by atoms with Crippen molar-refractivity contribution in [2.45, 2.75) is 46.1 Å². The molecule has 0 aliphatic carbocycles. The second kappa shape index (κ2) is 8.37. The van der Waals surface area contributed by atoms with Crippen LogP contribution >= 0.6 is 0 Å². The Morgan fingerprint density at radius 2 is 1.73 bits per heavy atom. The molecule has 1 amide bonds. The summed E-state index contributed by atoms with van der Waals surface area (Å²) < 4.78 is 0. The van der Waals surface area contributed by atoms with E-state index in [4.69, 9.17) is 5.11 Å². The van der Waals surface area contributed by atoms with Gasteiger partial charge in [-0.1, -0.05) is 50.3 Å². The Kier molecular flexibility index (Phi) is 6.83. The lowest BCUT2D eigenvalue weighted by atomic mass is 10.0. The summed E-state index contributed by atoms with van der Waals surface area (Å²) in [6, 6.07) is 7.84. The van der Waals surface area contributed by atoms with E-state index in [0.29, 0.717) is 5.92 Å². The van der Waals surface area contributed by atoms with Gasteiger partial charge >= 0.3 is 5.97 Å². The quantitative estimate of drug-likeness (QED) is 0.811. The van der Waals surface area contributed by atoms with Crippen molar-refractivity contribution < 1.29 is 14.7 Å². The molecule has 1 aromatic carbocycles. The highest BCUT2D eigenvalue weighted by Crippen LogP contribution is 2.15. The fourth-order valence-electron chi connectivity index (χ4n) is 1.95. The van der Waals surface area contributed by atoms with Gasteiger partial charge < -0.3 is 10.4 Å². The van der Waals surface area contributed by atoms with Crippen LogP contribution in [0.25, 0.3) is 6.08 Å². The van der Waals surface area contributed by atoms with Crippen LogP contribution in [-0.2, 0) is 9.59 Å². The molecule has 0 aliphatic heterocycles. The average Bonchev–Trinajstić information content (AvgIpc) is 2.46. The second-order valence-corrected chi connectivity index (χ2v) is 5.91. The van der Waals surface area contributed by atoms with Gasteiger partial charge in [-0.05, 0) is 30.9 Å². The van der Waals surface area contributed by atoms with Gasteiger partial charge in [-0.3, -0.25) is 9.59 Å². The molecule has 1 aromatic rings. The molecular weight excluding hydrogens is 278 g/mol. The van der Waals surface area contributed by atoms with Gasteiger partial charge in [0.2, 0.25) is 5.91 Å². The van der Waals surface area contributed by atoms with Gasteiger partial charge in [0.1, 0.15) is 0 Å². The number of hydrogen-bond acceptors (Lipinski definition) is 2. The van der Waals surface area contributed by atoms with Gasteiger partial charge in [0.25, 0.3) is 0 Å². The molecule has 2 N–H and O–H groups in total. The third-order valence-corrected chi connectivity index (χ3v) is 3.74. The van der Waals surface area contributed by atoms with Crippen molar-refractivity contribution in [1.82, 2.24) is 5.32 Å². The Hall–Kier alpha value is -2.10. The lowest BCUT2D eigenvalue weighted by molar-refractivity contribution is -0.142. The molecule has 2 unspecified atom stereocenters. The molecule has 22 heavy (non-hydrogen) atoms. The van der Waals surface area contributed by atoms with Crippen molar-refractivity contribution in [3.63, 3.8) is 0 Å². The summed E-state index contributed by atoms with van der Waals surface area (Å²) in [7, 11) is 0. The summed E-state index contributed by atoms with van der Waals surface area (Å²) in [5.41, 5.74) is 2.33. The molecule has 2 atom stereocenters. The first-order valence-electron chi connectivity index (χ1n) is 7.60. The minimum absolute atomic E-state index is 0.171. The maximum Gasteiger partial charge on any atom is 0.308 e. The van der Waals surface area contributed by atoms with Crippen molar-refractivity contribution in [2.24, 2.45) is 5.92 Å². The van der Waals surface area contributed by atoms with E-state index in [-0.39, 0.29) is 18.4 Å². The predicted molar refractivity (Wildman–Crippen MR) is 88.6 cm³/mol. The summed E-state index contributed by atoms with van der Waals surface area (Å²) >= 11 is 0. The van der Waals surface area contributed by atoms with E-state index in [0.717, 1.165) is 5.56 Å². The molecule has 0 aliphatic rings. The number of carbonyl (C=O) groups excluding carboxylic acids is 1. The summed E-state index contributed by atoms with van der Waals surface area (Å²) in [6.45, 7) is 7.58. The van der Waals surface area contributed by atoms with E-state index in [1.807, 2.05) is 18.2 Å². The number of carboxylic acid groups (broad SMARTS) is 1. The fourth-order valence-corrected chi connectivity index (χ4v) is 1.95. The normalized spacial score (nSPS) is 14.0. The Bertz CT molecular complexity index is 532. The molecule has 0 radical (unpaired) electrons. The van der Waals surface area contributed by atoms with Crippen LogP contribution < -0.4 is 5.32 Å². The number of carboxylic acids is 1. The van der Waals surface area contributed by atoms with Crippen LogP contribution in [0.4, 0.5) is 0 Å². The molecule has 4 nitrogen and oxygen atoms in total. The van der Waals surface area contributed by atoms with Crippen LogP contribution in [0.2, 0.25) is 0 Å².